The number of halogens is 2. The Morgan fingerprint density at radius 3 is 1.34 bits per heavy atom. The zero-order valence-electron chi connectivity index (χ0n) is 60.1. The molecule has 5 aromatic carbocycles. The minimum atomic E-state index is -1.43. The Hall–Kier alpha value is -11.0. The number of benzene rings is 5. The number of carbonyl (C=O) groups is 9. The summed E-state index contributed by atoms with van der Waals surface area (Å²) in [5.74, 6) is -5.99. The summed E-state index contributed by atoms with van der Waals surface area (Å²) >= 11 is 0. The van der Waals surface area contributed by atoms with Gasteiger partial charge in [-0.2, -0.15) is 0 Å². The van der Waals surface area contributed by atoms with Gasteiger partial charge in [0.2, 0.25) is 53.2 Å². The molecule has 107 heavy (non-hydrogen) atoms. The molecule has 13 N–H and O–H groups in total. The summed E-state index contributed by atoms with van der Waals surface area (Å²) in [4.78, 5) is 142. The van der Waals surface area contributed by atoms with E-state index in [4.69, 9.17) is 15.7 Å². The smallest absolute Gasteiger partial charge is 0.243 e. The van der Waals surface area contributed by atoms with Crippen LogP contribution in [-0.4, -0.2) is 156 Å². The third-order valence-corrected chi connectivity index (χ3v) is 17.6. The number of aromatic amines is 2. The Morgan fingerprint density at radius 2 is 0.879 bits per heavy atom. The maximum absolute atomic E-state index is 14.4. The fourth-order valence-corrected chi connectivity index (χ4v) is 12.6. The van der Waals surface area contributed by atoms with Crippen molar-refractivity contribution < 1.29 is 43.2 Å². The van der Waals surface area contributed by atoms with E-state index < -0.39 is 84.9 Å². The van der Waals surface area contributed by atoms with Crippen LogP contribution in [-0.2, 0) is 49.6 Å². The van der Waals surface area contributed by atoms with Crippen LogP contribution in [0.5, 0.6) is 0 Å². The number of aromatic nitrogens is 4. The van der Waals surface area contributed by atoms with Crippen molar-refractivity contribution in [3.63, 3.8) is 0 Å². The van der Waals surface area contributed by atoms with Gasteiger partial charge in [0.25, 0.3) is 0 Å². The molecule has 3 atom stereocenters. The number of fused-ring (bicyclic) bond motifs is 8. The third kappa shape index (κ3) is 22.3. The predicted molar refractivity (Wildman–Crippen MR) is 431 cm³/mol. The van der Waals surface area contributed by atoms with Gasteiger partial charge in [-0.3, -0.25) is 48.1 Å². The van der Waals surface area contributed by atoms with Gasteiger partial charge < -0.3 is 63.6 Å². The number of unbranched alkanes of at least 4 members (excludes halogenated alkanes) is 1. The molecule has 9 amide bonds. The first-order valence-electron chi connectivity index (χ1n) is 35.3. The summed E-state index contributed by atoms with van der Waals surface area (Å²) in [7, 11) is 3.14. The summed E-state index contributed by atoms with van der Waals surface area (Å²) in [6.45, 7) is 2.90. The quantitative estimate of drug-likeness (QED) is 0.0171. The van der Waals surface area contributed by atoms with E-state index >= 15 is 0 Å². The second-order valence-corrected chi connectivity index (χ2v) is 25.9. The molecule has 0 radical (unpaired) electrons. The standard InChI is InChI=1S/C81H89N15O9.2BrH/c1-51(2)45-66(79(103)87-48-71(99)86-44-43-85-70(98)47-83-3)95-80(104)67(46-52-19-9-5-10-20-52)94-72(100)49-88-81(105)68(27-17-18-42-82)96(74(102)50-84-4)73(101)41-40-69(97)89-57-30-28-56(29-31-57)78-64-38-36-62(92-64)76(54-23-13-7-14-24-54)60-34-32-58(90-60)75(53-21-11-6-12-22-53)59-33-35-61(91-59)77(55-25-15-8-16-26-55)63-37-39-65(78)93-63;;/h5-16,19-26,28-39,51,66-68,83-84,90,93H,17-18,27,40-50,82H2,1-4H3,(H,85,98)(H,86,99)(H,87,103)(H,88,105)(H,89,97)(H,94,100)(H,95,104);2*1H. The van der Waals surface area contributed by atoms with E-state index in [-0.39, 0.29) is 104 Å². The van der Waals surface area contributed by atoms with Crippen molar-refractivity contribution in [2.45, 2.75) is 76.9 Å². The van der Waals surface area contributed by atoms with Gasteiger partial charge in [0.15, 0.2) is 0 Å². The predicted octanol–water partition coefficient (Wildman–Crippen LogP) is 9.21. The van der Waals surface area contributed by atoms with Crippen LogP contribution in [0.2, 0.25) is 0 Å². The van der Waals surface area contributed by atoms with E-state index in [1.165, 1.54) is 7.05 Å². The van der Waals surface area contributed by atoms with Crippen LogP contribution in [0, 0.1) is 5.92 Å². The van der Waals surface area contributed by atoms with Gasteiger partial charge in [-0.25, -0.2) is 9.97 Å². The normalized spacial score (nSPS) is 12.1. The molecule has 26 heteroatoms. The number of anilines is 1. The van der Waals surface area contributed by atoms with Gasteiger partial charge in [0.05, 0.1) is 49.0 Å². The van der Waals surface area contributed by atoms with Crippen molar-refractivity contribution in [3.05, 3.63) is 198 Å². The monoisotopic (exact) mass is 1580 g/mol. The minimum absolute atomic E-state index is 0. The molecule has 0 spiro atoms. The van der Waals surface area contributed by atoms with Crippen LogP contribution >= 0.6 is 34.0 Å². The molecule has 8 bridgehead atoms. The van der Waals surface area contributed by atoms with Crippen LogP contribution in [0.4, 0.5) is 5.69 Å². The third-order valence-electron chi connectivity index (χ3n) is 17.6. The molecule has 0 fully saturated rings. The van der Waals surface area contributed by atoms with E-state index in [1.54, 1.807) is 49.5 Å². The van der Waals surface area contributed by atoms with Crippen molar-refractivity contribution in [2.24, 2.45) is 11.7 Å². The molecule has 558 valence electrons. The van der Waals surface area contributed by atoms with Crippen LogP contribution in [0.25, 0.3) is 90.9 Å². The molecule has 0 saturated heterocycles. The molecule has 24 nitrogen and oxygen atoms in total. The number of carbonyl (C=O) groups excluding carboxylic acids is 9. The lowest BCUT2D eigenvalue weighted by atomic mass is 10.0. The summed E-state index contributed by atoms with van der Waals surface area (Å²) < 4.78 is 0. The van der Waals surface area contributed by atoms with E-state index in [9.17, 15) is 43.2 Å². The van der Waals surface area contributed by atoms with Crippen LogP contribution in [0.1, 0.15) is 80.7 Å². The maximum Gasteiger partial charge on any atom is 0.243 e. The highest BCUT2D eigenvalue weighted by atomic mass is 79.9. The Labute approximate surface area is 642 Å². The van der Waals surface area contributed by atoms with Gasteiger partial charge in [-0.05, 0) is 141 Å². The first kappa shape index (κ1) is 81.6. The van der Waals surface area contributed by atoms with Gasteiger partial charge in [0, 0.05) is 82.4 Å². The van der Waals surface area contributed by atoms with Crippen molar-refractivity contribution in [2.75, 3.05) is 65.2 Å². The van der Waals surface area contributed by atoms with Crippen molar-refractivity contribution in [3.8, 4) is 44.5 Å². The molecule has 10 rings (SSSR count). The Kier molecular flexibility index (Phi) is 30.9. The fourth-order valence-electron chi connectivity index (χ4n) is 12.6. The summed E-state index contributed by atoms with van der Waals surface area (Å²) in [5.41, 5.74) is 20.4. The highest BCUT2D eigenvalue weighted by molar-refractivity contribution is 8.93. The summed E-state index contributed by atoms with van der Waals surface area (Å²) in [6.07, 6.45) is 8.15. The molecular formula is C81H91Br2N15O9. The second kappa shape index (κ2) is 40.5. The molecule has 5 heterocycles. The first-order valence-corrected chi connectivity index (χ1v) is 35.3. The number of likely N-dealkylation sites (N-methyl/N-ethyl adjacent to an activating group) is 2. The van der Waals surface area contributed by atoms with Gasteiger partial charge in [0.1, 0.15) is 18.1 Å². The Morgan fingerprint density at radius 1 is 0.439 bits per heavy atom. The van der Waals surface area contributed by atoms with Crippen molar-refractivity contribution >= 4 is 139 Å². The molecule has 3 aromatic heterocycles. The number of imide groups is 1. The van der Waals surface area contributed by atoms with Gasteiger partial charge in [-0.1, -0.05) is 147 Å². The fraction of sp³-hybridized carbons (Fsp3) is 0.272. The van der Waals surface area contributed by atoms with Crippen LogP contribution < -0.4 is 53.6 Å². The summed E-state index contributed by atoms with van der Waals surface area (Å²) in [6, 6.07) is 51.0. The van der Waals surface area contributed by atoms with Gasteiger partial charge >= 0.3 is 0 Å². The molecule has 8 aromatic rings. The van der Waals surface area contributed by atoms with Crippen LogP contribution in [0.3, 0.4) is 0 Å². The maximum atomic E-state index is 14.4. The zero-order chi connectivity index (χ0) is 74.2. The number of rotatable bonds is 33. The number of hydrogen-bond donors (Lipinski definition) is 12. The SMILES string of the molecule is Br.Br.CNCC(=O)NCCNC(=O)CNC(=O)C(CC(C)C)NC(=O)C(Cc1ccccc1)NC(=O)CNC(=O)C(CCCCN)N(C(=O)CCC(=O)Nc1ccc(-c2c3nc(c(-c4ccccc4)c4ccc([nH]4)c(-c4ccccc4)c4nc(c(-c5ccccc5)c5ccc2[nH]5)C=C4)C=C3)cc1)C(=O)CNC. The molecular weight excluding hydrogens is 1490 g/mol. The van der Waals surface area contributed by atoms with Crippen molar-refractivity contribution in [1.82, 2.24) is 67.4 Å². The average Bonchev–Trinajstić information content (AvgIpc) is 1.62. The lowest BCUT2D eigenvalue weighted by molar-refractivity contribution is -0.152. The number of amides is 9. The minimum Gasteiger partial charge on any atom is -0.354 e. The van der Waals surface area contributed by atoms with E-state index in [1.807, 2.05) is 105 Å². The largest absolute Gasteiger partial charge is 0.354 e. The van der Waals surface area contributed by atoms with Crippen LogP contribution in [0.15, 0.2) is 170 Å². The highest BCUT2D eigenvalue weighted by Gasteiger charge is 2.35. The summed E-state index contributed by atoms with van der Waals surface area (Å²) in [5, 5.41) is 24.2. The molecule has 2 aliphatic rings. The number of nitrogens with one attached hydrogen (secondary N) is 11. The van der Waals surface area contributed by atoms with E-state index in [0.29, 0.717) is 29.8 Å². The lowest BCUT2D eigenvalue weighted by Crippen LogP contribution is -2.57. The number of H-pyrrole nitrogens is 2. The van der Waals surface area contributed by atoms with Gasteiger partial charge in [-0.15, -0.1) is 34.0 Å². The second-order valence-electron chi connectivity index (χ2n) is 25.9. The topological polar surface area (TPSA) is 349 Å². The Balaban J connectivity index is 0.00000722. The molecule has 2 aliphatic heterocycles. The number of nitrogens with zero attached hydrogens (tertiary/aromatic N) is 3. The van der Waals surface area contributed by atoms with E-state index in [0.717, 1.165) is 88.6 Å². The number of hydrogen-bond acceptors (Lipinski definition) is 14. The molecule has 0 saturated carbocycles. The number of nitrogens with two attached hydrogens (primary N) is 1. The lowest BCUT2D eigenvalue weighted by Gasteiger charge is -2.29. The van der Waals surface area contributed by atoms with E-state index in [2.05, 4.69) is 119 Å². The van der Waals surface area contributed by atoms with Crippen molar-refractivity contribution in [1.29, 1.82) is 0 Å². The molecule has 3 unspecified atom stereocenters. The average molecular weight is 1580 g/mol. The molecule has 0 aliphatic carbocycles. The Bertz CT molecular complexity index is 4630. The zero-order valence-corrected chi connectivity index (χ0v) is 63.5. The first-order chi connectivity index (χ1) is 51.0. The highest BCUT2D eigenvalue weighted by Crippen LogP contribution is 2.39.